The highest BCUT2D eigenvalue weighted by atomic mass is 35.5. The van der Waals surface area contributed by atoms with Crippen LogP contribution in [0.5, 0.6) is 5.75 Å². The van der Waals surface area contributed by atoms with E-state index in [-0.39, 0.29) is 17.5 Å². The van der Waals surface area contributed by atoms with Gasteiger partial charge in [0.1, 0.15) is 10.6 Å². The number of carbonyl (C=O) groups is 2. The zero-order valence-corrected chi connectivity index (χ0v) is 16.1. The van der Waals surface area contributed by atoms with E-state index in [4.69, 9.17) is 45.3 Å². The maximum atomic E-state index is 12.5. The third kappa shape index (κ3) is 4.04. The van der Waals surface area contributed by atoms with Crippen molar-refractivity contribution in [3.05, 3.63) is 56.3 Å². The molecule has 0 saturated carbocycles. The van der Waals surface area contributed by atoms with Gasteiger partial charge in [0.15, 0.2) is 6.61 Å². The summed E-state index contributed by atoms with van der Waals surface area (Å²) < 4.78 is 5.89. The second kappa shape index (κ2) is 7.72. The lowest BCUT2D eigenvalue weighted by molar-refractivity contribution is -0.119. The molecule has 2 amide bonds. The largest absolute Gasteiger partial charge is 0.484 e. The Morgan fingerprint density at radius 2 is 1.81 bits per heavy atom. The van der Waals surface area contributed by atoms with Crippen molar-refractivity contribution >= 4 is 73.7 Å². The third-order valence-electron chi connectivity index (χ3n) is 3.35. The van der Waals surface area contributed by atoms with Crippen molar-refractivity contribution in [2.45, 2.75) is 0 Å². The van der Waals surface area contributed by atoms with E-state index in [0.29, 0.717) is 31.7 Å². The van der Waals surface area contributed by atoms with E-state index in [9.17, 15) is 9.59 Å². The fourth-order valence-electron chi connectivity index (χ4n) is 2.23. The van der Waals surface area contributed by atoms with Gasteiger partial charge in [-0.1, -0.05) is 34.8 Å². The molecular weight excluding hydrogens is 419 g/mol. The number of anilines is 1. The van der Waals surface area contributed by atoms with Gasteiger partial charge in [-0.15, -0.1) is 11.3 Å². The normalized spacial score (nSPS) is 10.7. The smallest absolute Gasteiger partial charge is 0.267 e. The first-order valence-corrected chi connectivity index (χ1v) is 9.19. The van der Waals surface area contributed by atoms with Crippen LogP contribution in [0.1, 0.15) is 9.67 Å². The number of halogens is 3. The molecule has 3 aromatic rings. The van der Waals surface area contributed by atoms with Gasteiger partial charge in [0.05, 0.1) is 10.0 Å². The molecule has 5 nitrogen and oxygen atoms in total. The summed E-state index contributed by atoms with van der Waals surface area (Å²) in [5.74, 6) is -0.474. The first kappa shape index (κ1) is 18.8. The SMILES string of the molecule is NC(=O)COc1ccc(NC(=O)c2sc3cc(Cl)cc(Cl)c3c2Cl)cc1. The van der Waals surface area contributed by atoms with E-state index in [2.05, 4.69) is 5.32 Å². The van der Waals surface area contributed by atoms with Gasteiger partial charge >= 0.3 is 0 Å². The van der Waals surface area contributed by atoms with E-state index < -0.39 is 5.91 Å². The summed E-state index contributed by atoms with van der Waals surface area (Å²) in [4.78, 5) is 23.6. The highest BCUT2D eigenvalue weighted by Gasteiger charge is 2.19. The molecular formula is C17H11Cl3N2O3S. The maximum Gasteiger partial charge on any atom is 0.267 e. The zero-order valence-electron chi connectivity index (χ0n) is 13.0. The Bertz CT molecular complexity index is 1000. The van der Waals surface area contributed by atoms with Crippen LogP contribution < -0.4 is 15.8 Å². The van der Waals surface area contributed by atoms with Crippen molar-refractivity contribution in [1.82, 2.24) is 0 Å². The van der Waals surface area contributed by atoms with E-state index in [0.717, 1.165) is 4.70 Å². The number of primary amides is 1. The van der Waals surface area contributed by atoms with Crippen LogP contribution in [0.4, 0.5) is 5.69 Å². The molecule has 0 saturated heterocycles. The van der Waals surface area contributed by atoms with Crippen molar-refractivity contribution in [2.75, 3.05) is 11.9 Å². The molecule has 0 unspecified atom stereocenters. The van der Waals surface area contributed by atoms with Gasteiger partial charge < -0.3 is 15.8 Å². The molecule has 2 aromatic carbocycles. The standard InChI is InChI=1S/C17H11Cl3N2O3S/c18-8-5-11(19)14-12(6-8)26-16(15(14)20)17(24)22-9-1-3-10(4-2-9)25-7-13(21)23/h1-6H,7H2,(H2,21,23)(H,22,24). The Hall–Kier alpha value is -1.99. The Morgan fingerprint density at radius 3 is 2.46 bits per heavy atom. The van der Waals surface area contributed by atoms with Crippen molar-refractivity contribution in [3.8, 4) is 5.75 Å². The molecule has 0 aliphatic carbocycles. The molecule has 0 aliphatic rings. The number of carbonyl (C=O) groups excluding carboxylic acids is 2. The molecule has 0 fully saturated rings. The van der Waals surface area contributed by atoms with E-state index >= 15 is 0 Å². The third-order valence-corrected chi connectivity index (χ3v) is 5.49. The average molecular weight is 430 g/mol. The van der Waals surface area contributed by atoms with Crippen LogP contribution in [0.25, 0.3) is 10.1 Å². The lowest BCUT2D eigenvalue weighted by Gasteiger charge is -2.07. The van der Waals surface area contributed by atoms with Gasteiger partial charge in [0, 0.05) is 20.8 Å². The molecule has 3 N–H and O–H groups in total. The molecule has 0 radical (unpaired) electrons. The summed E-state index contributed by atoms with van der Waals surface area (Å²) in [6.45, 7) is -0.216. The Labute approximate surface area is 167 Å². The van der Waals surface area contributed by atoms with Crippen molar-refractivity contribution < 1.29 is 14.3 Å². The van der Waals surface area contributed by atoms with Crippen LogP contribution in [-0.2, 0) is 4.79 Å². The highest BCUT2D eigenvalue weighted by molar-refractivity contribution is 7.21. The number of ether oxygens (including phenoxy) is 1. The molecule has 3 rings (SSSR count). The fourth-order valence-corrected chi connectivity index (χ4v) is 4.51. The Kier molecular flexibility index (Phi) is 5.58. The number of hydrogen-bond acceptors (Lipinski definition) is 4. The van der Waals surface area contributed by atoms with Gasteiger partial charge in [-0.3, -0.25) is 9.59 Å². The summed E-state index contributed by atoms with van der Waals surface area (Å²) >= 11 is 19.7. The number of thiophene rings is 1. The minimum absolute atomic E-state index is 0.216. The van der Waals surface area contributed by atoms with Crippen LogP contribution in [0.2, 0.25) is 15.1 Å². The zero-order chi connectivity index (χ0) is 18.8. The maximum absolute atomic E-state index is 12.5. The fraction of sp³-hybridized carbons (Fsp3) is 0.0588. The summed E-state index contributed by atoms with van der Waals surface area (Å²) in [5, 5.41) is 4.50. The predicted molar refractivity (Wildman–Crippen MR) is 106 cm³/mol. The first-order chi connectivity index (χ1) is 12.3. The summed E-state index contributed by atoms with van der Waals surface area (Å²) in [7, 11) is 0. The second-order valence-electron chi connectivity index (χ2n) is 5.24. The molecule has 0 atom stereocenters. The van der Waals surface area contributed by atoms with Crippen LogP contribution in [0, 0.1) is 0 Å². The van der Waals surface area contributed by atoms with Gasteiger partial charge in [0.25, 0.3) is 11.8 Å². The molecule has 1 heterocycles. The van der Waals surface area contributed by atoms with E-state index in [1.54, 1.807) is 36.4 Å². The number of nitrogens with two attached hydrogens (primary N) is 1. The highest BCUT2D eigenvalue weighted by Crippen LogP contribution is 2.41. The van der Waals surface area contributed by atoms with Crippen molar-refractivity contribution in [3.63, 3.8) is 0 Å². The second-order valence-corrected chi connectivity index (χ2v) is 7.51. The number of fused-ring (bicyclic) bond motifs is 1. The number of nitrogens with one attached hydrogen (secondary N) is 1. The van der Waals surface area contributed by atoms with Gasteiger partial charge in [0.2, 0.25) is 0 Å². The van der Waals surface area contributed by atoms with Crippen LogP contribution in [-0.4, -0.2) is 18.4 Å². The van der Waals surface area contributed by atoms with Crippen LogP contribution in [0.15, 0.2) is 36.4 Å². The molecule has 1 aromatic heterocycles. The summed E-state index contributed by atoms with van der Waals surface area (Å²) in [6, 6.07) is 9.79. The monoisotopic (exact) mass is 428 g/mol. The van der Waals surface area contributed by atoms with Crippen LogP contribution in [0.3, 0.4) is 0 Å². The van der Waals surface area contributed by atoms with Gasteiger partial charge in [-0.25, -0.2) is 0 Å². The summed E-state index contributed by atoms with van der Waals surface area (Å²) in [6.07, 6.45) is 0. The van der Waals surface area contributed by atoms with Crippen molar-refractivity contribution in [1.29, 1.82) is 0 Å². The minimum Gasteiger partial charge on any atom is -0.484 e. The molecule has 134 valence electrons. The molecule has 0 spiro atoms. The molecule has 9 heteroatoms. The first-order valence-electron chi connectivity index (χ1n) is 7.24. The van der Waals surface area contributed by atoms with E-state index in [1.165, 1.54) is 11.3 Å². The number of benzene rings is 2. The van der Waals surface area contributed by atoms with Gasteiger partial charge in [-0.05, 0) is 36.4 Å². The minimum atomic E-state index is -0.569. The number of rotatable bonds is 5. The number of amides is 2. The number of hydrogen-bond donors (Lipinski definition) is 2. The Morgan fingerprint density at radius 1 is 1.12 bits per heavy atom. The average Bonchev–Trinajstić information content (AvgIpc) is 2.91. The Balaban J connectivity index is 1.80. The predicted octanol–water partition coefficient (Wildman–Crippen LogP) is 4.98. The molecule has 26 heavy (non-hydrogen) atoms. The lowest BCUT2D eigenvalue weighted by atomic mass is 10.2. The molecule has 0 bridgehead atoms. The summed E-state index contributed by atoms with van der Waals surface area (Å²) in [5.41, 5.74) is 5.56. The lowest BCUT2D eigenvalue weighted by Crippen LogP contribution is -2.20. The van der Waals surface area contributed by atoms with Gasteiger partial charge in [-0.2, -0.15) is 0 Å². The molecule has 0 aliphatic heterocycles. The van der Waals surface area contributed by atoms with Crippen LogP contribution >= 0.6 is 46.1 Å². The topological polar surface area (TPSA) is 81.4 Å². The van der Waals surface area contributed by atoms with E-state index in [1.807, 2.05) is 0 Å². The van der Waals surface area contributed by atoms with Crippen molar-refractivity contribution in [2.24, 2.45) is 5.73 Å². The quantitative estimate of drug-likeness (QED) is 0.600.